The molecule has 0 spiro atoms. The molecule has 4 nitrogen and oxygen atoms in total. The summed E-state index contributed by atoms with van der Waals surface area (Å²) in [5, 5.41) is 18.5. The van der Waals surface area contributed by atoms with Crippen LogP contribution in [0.1, 0.15) is 60.3 Å². The minimum Gasteiger partial charge on any atom is -0.481 e. The molecule has 4 heteroatoms. The van der Waals surface area contributed by atoms with E-state index in [4.69, 9.17) is 5.26 Å². The van der Waals surface area contributed by atoms with Gasteiger partial charge in [-0.2, -0.15) is 5.26 Å². The Hall–Kier alpha value is -1.63. The number of ketones is 1. The summed E-state index contributed by atoms with van der Waals surface area (Å²) in [5.41, 5.74) is 0.0243. The monoisotopic (exact) mass is 319 g/mol. The van der Waals surface area contributed by atoms with E-state index in [1.54, 1.807) is 6.08 Å². The molecule has 0 bridgehead atoms. The third-order valence-electron chi connectivity index (χ3n) is 4.66. The van der Waals surface area contributed by atoms with Crippen molar-refractivity contribution in [3.8, 4) is 6.07 Å². The van der Waals surface area contributed by atoms with E-state index >= 15 is 0 Å². The maximum atomic E-state index is 12.2. The smallest absolute Gasteiger partial charge is 0.306 e. The summed E-state index contributed by atoms with van der Waals surface area (Å²) >= 11 is 0. The summed E-state index contributed by atoms with van der Waals surface area (Å²) in [5.74, 6) is -0.344. The number of carbonyl (C=O) groups is 2. The molecule has 0 aliphatic heterocycles. The molecule has 1 aliphatic carbocycles. The second-order valence-electron chi connectivity index (χ2n) is 8.19. The van der Waals surface area contributed by atoms with Gasteiger partial charge in [0.2, 0.25) is 0 Å². The van der Waals surface area contributed by atoms with E-state index in [2.05, 4.69) is 13.8 Å². The average Bonchev–Trinajstić information content (AvgIpc) is 2.85. The number of rotatable bonds is 6. The Morgan fingerprint density at radius 2 is 1.91 bits per heavy atom. The summed E-state index contributed by atoms with van der Waals surface area (Å²) in [4.78, 5) is 23.6. The predicted molar refractivity (Wildman–Crippen MR) is 89.6 cm³/mol. The molecule has 3 atom stereocenters. The van der Waals surface area contributed by atoms with Crippen molar-refractivity contribution in [3.05, 3.63) is 11.6 Å². The van der Waals surface area contributed by atoms with Gasteiger partial charge in [-0.25, -0.2) is 0 Å². The lowest BCUT2D eigenvalue weighted by atomic mass is 9.86. The molecule has 1 N–H and O–H groups in total. The quantitative estimate of drug-likeness (QED) is 0.587. The van der Waals surface area contributed by atoms with E-state index in [1.165, 1.54) is 0 Å². The van der Waals surface area contributed by atoms with Crippen LogP contribution >= 0.6 is 0 Å². The number of hydrogen-bond acceptors (Lipinski definition) is 3. The molecule has 0 aromatic rings. The Balaban J connectivity index is 2.66. The molecule has 0 aromatic heterocycles. The van der Waals surface area contributed by atoms with Gasteiger partial charge in [-0.15, -0.1) is 0 Å². The van der Waals surface area contributed by atoms with Gasteiger partial charge in [0.15, 0.2) is 5.78 Å². The number of Topliss-reactive ketones (excluding diaryl/α,β-unsaturated/α-hetero) is 1. The Morgan fingerprint density at radius 3 is 2.30 bits per heavy atom. The van der Waals surface area contributed by atoms with Crippen LogP contribution in [-0.4, -0.2) is 16.9 Å². The molecule has 0 heterocycles. The molecule has 0 saturated heterocycles. The lowest BCUT2D eigenvalue weighted by Gasteiger charge is -2.19. The predicted octanol–water partition coefficient (Wildman–Crippen LogP) is 4.21. The number of nitriles is 1. The molecule has 1 rings (SSSR count). The molecule has 23 heavy (non-hydrogen) atoms. The number of hydrogen-bond donors (Lipinski definition) is 1. The van der Waals surface area contributed by atoms with Gasteiger partial charge in [0, 0.05) is 6.42 Å². The minimum atomic E-state index is -0.720. The molecule has 1 unspecified atom stereocenters. The van der Waals surface area contributed by atoms with E-state index in [-0.39, 0.29) is 34.5 Å². The third kappa shape index (κ3) is 5.82. The van der Waals surface area contributed by atoms with Crippen molar-refractivity contribution in [1.82, 2.24) is 0 Å². The Bertz CT molecular complexity index is 520. The number of nitrogens with zero attached hydrogens (tertiary/aromatic N) is 1. The SMILES string of the molecule is CC(C)[C@@H]1CC(CCC(=O)/C(C#N)=C/C(C)(C)C)C[C@H]1C(=O)O. The molecule has 0 radical (unpaired) electrons. The summed E-state index contributed by atoms with van der Waals surface area (Å²) in [7, 11) is 0. The first kappa shape index (κ1) is 19.4. The van der Waals surface area contributed by atoms with E-state index in [9.17, 15) is 14.7 Å². The molecular weight excluding hydrogens is 290 g/mol. The van der Waals surface area contributed by atoms with Gasteiger partial charge in [0.1, 0.15) is 6.07 Å². The highest BCUT2D eigenvalue weighted by Gasteiger charge is 2.40. The van der Waals surface area contributed by atoms with Gasteiger partial charge in [-0.05, 0) is 42.4 Å². The number of allylic oxidation sites excluding steroid dienone is 2. The van der Waals surface area contributed by atoms with Gasteiger partial charge in [-0.3, -0.25) is 9.59 Å². The highest BCUT2D eigenvalue weighted by atomic mass is 16.4. The average molecular weight is 319 g/mol. The fourth-order valence-corrected chi connectivity index (χ4v) is 3.51. The van der Waals surface area contributed by atoms with E-state index < -0.39 is 5.97 Å². The van der Waals surface area contributed by atoms with Crippen LogP contribution in [-0.2, 0) is 9.59 Å². The van der Waals surface area contributed by atoms with Crippen LogP contribution < -0.4 is 0 Å². The second-order valence-corrected chi connectivity index (χ2v) is 8.19. The lowest BCUT2D eigenvalue weighted by Crippen LogP contribution is -2.22. The molecule has 128 valence electrons. The molecule has 0 aromatic carbocycles. The van der Waals surface area contributed by atoms with Crippen LogP contribution in [0.25, 0.3) is 0 Å². The summed E-state index contributed by atoms with van der Waals surface area (Å²) in [6, 6.07) is 2.01. The normalized spacial score (nSPS) is 25.4. The van der Waals surface area contributed by atoms with Crippen molar-refractivity contribution in [1.29, 1.82) is 5.26 Å². The summed E-state index contributed by atoms with van der Waals surface area (Å²) in [6.07, 6.45) is 4.25. The highest BCUT2D eigenvalue weighted by Crippen LogP contribution is 2.42. The Kier molecular flexibility index (Phi) is 6.56. The van der Waals surface area contributed by atoms with Gasteiger partial charge in [-0.1, -0.05) is 40.7 Å². The van der Waals surface area contributed by atoms with Crippen molar-refractivity contribution in [3.63, 3.8) is 0 Å². The van der Waals surface area contributed by atoms with Crippen LogP contribution in [0, 0.1) is 40.4 Å². The number of carboxylic acids is 1. The Morgan fingerprint density at radius 1 is 1.30 bits per heavy atom. The zero-order valence-corrected chi connectivity index (χ0v) is 14.9. The van der Waals surface area contributed by atoms with Crippen LogP contribution in [0.15, 0.2) is 11.6 Å². The van der Waals surface area contributed by atoms with Crippen molar-refractivity contribution >= 4 is 11.8 Å². The van der Waals surface area contributed by atoms with Gasteiger partial charge < -0.3 is 5.11 Å². The first-order valence-electron chi connectivity index (χ1n) is 8.44. The largest absolute Gasteiger partial charge is 0.481 e. The second kappa shape index (κ2) is 7.77. The zero-order chi connectivity index (χ0) is 17.8. The fourth-order valence-electron chi connectivity index (χ4n) is 3.51. The maximum Gasteiger partial charge on any atom is 0.306 e. The zero-order valence-electron chi connectivity index (χ0n) is 14.9. The van der Waals surface area contributed by atoms with E-state index in [0.29, 0.717) is 25.2 Å². The first-order valence-corrected chi connectivity index (χ1v) is 8.44. The van der Waals surface area contributed by atoms with Crippen molar-refractivity contribution in [2.75, 3.05) is 0 Å². The standard InChI is InChI=1S/C19H29NO3/c1-12(2)15-8-13(9-16(15)18(22)23)6-7-17(21)14(11-20)10-19(3,4)5/h10,12-13,15-16H,6-9H2,1-5H3,(H,22,23)/b14-10+/t13?,15-,16+/m0/s1. The number of aliphatic carboxylic acids is 1. The van der Waals surface area contributed by atoms with Crippen molar-refractivity contribution in [2.45, 2.75) is 60.3 Å². The summed E-state index contributed by atoms with van der Waals surface area (Å²) in [6.45, 7) is 10.00. The fraction of sp³-hybridized carbons (Fsp3) is 0.737. The van der Waals surface area contributed by atoms with Crippen LogP contribution in [0.4, 0.5) is 0 Å². The van der Waals surface area contributed by atoms with E-state index in [1.807, 2.05) is 26.8 Å². The van der Waals surface area contributed by atoms with Gasteiger partial charge in [0.05, 0.1) is 11.5 Å². The third-order valence-corrected chi connectivity index (χ3v) is 4.66. The van der Waals surface area contributed by atoms with Crippen molar-refractivity contribution < 1.29 is 14.7 Å². The number of carbonyl (C=O) groups excluding carboxylic acids is 1. The van der Waals surface area contributed by atoms with Crippen LogP contribution in [0.2, 0.25) is 0 Å². The molecule has 1 aliphatic rings. The highest BCUT2D eigenvalue weighted by molar-refractivity contribution is 5.99. The summed E-state index contributed by atoms with van der Waals surface area (Å²) < 4.78 is 0. The molecular formula is C19H29NO3. The molecule has 0 amide bonds. The number of carboxylic acid groups (broad SMARTS) is 1. The maximum absolute atomic E-state index is 12.2. The van der Waals surface area contributed by atoms with E-state index in [0.717, 1.165) is 6.42 Å². The lowest BCUT2D eigenvalue weighted by molar-refractivity contribution is -0.143. The van der Waals surface area contributed by atoms with Gasteiger partial charge >= 0.3 is 5.97 Å². The minimum absolute atomic E-state index is 0.123. The van der Waals surface area contributed by atoms with Crippen molar-refractivity contribution in [2.24, 2.45) is 29.1 Å². The Labute approximate surface area is 139 Å². The van der Waals surface area contributed by atoms with Crippen LogP contribution in [0.3, 0.4) is 0 Å². The molecule has 1 saturated carbocycles. The van der Waals surface area contributed by atoms with Gasteiger partial charge in [0.25, 0.3) is 0 Å². The topological polar surface area (TPSA) is 78.2 Å². The first-order chi connectivity index (χ1) is 10.5. The molecule has 1 fully saturated rings. The van der Waals surface area contributed by atoms with Crippen LogP contribution in [0.5, 0.6) is 0 Å².